The highest BCUT2D eigenvalue weighted by molar-refractivity contribution is 7.90. The van der Waals surface area contributed by atoms with Crippen molar-refractivity contribution in [2.75, 3.05) is 37.3 Å². The average Bonchev–Trinajstić information content (AvgIpc) is 3.17. The summed E-state index contributed by atoms with van der Waals surface area (Å²) in [7, 11) is -3.37. The van der Waals surface area contributed by atoms with Crippen molar-refractivity contribution in [3.8, 4) is 0 Å². The molecule has 0 aliphatic carbocycles. The largest absolute Gasteiger partial charge is 0.450 e. The summed E-state index contributed by atoms with van der Waals surface area (Å²) in [6, 6.07) is 13.9. The third-order valence-corrected chi connectivity index (χ3v) is 6.63. The number of rotatable bonds is 3. The molecule has 4 aromatic rings. The first kappa shape index (κ1) is 19.5. The number of anilines is 1. The number of furan rings is 1. The van der Waals surface area contributed by atoms with Gasteiger partial charge in [0.2, 0.25) is 0 Å². The molecule has 1 saturated heterocycles. The molecular weight excluding hydrogens is 416 g/mol. The molecule has 9 heteroatoms. The van der Waals surface area contributed by atoms with Crippen LogP contribution in [0.4, 0.5) is 5.82 Å². The molecule has 1 aliphatic rings. The molecule has 8 nitrogen and oxygen atoms in total. The molecule has 0 unspecified atom stereocenters. The fourth-order valence-corrected chi connectivity index (χ4v) is 4.57. The molecule has 1 aliphatic heterocycles. The van der Waals surface area contributed by atoms with E-state index in [0.29, 0.717) is 43.1 Å². The molecule has 0 N–H and O–H groups in total. The van der Waals surface area contributed by atoms with E-state index in [0.717, 1.165) is 22.7 Å². The molecule has 5 rings (SSSR count). The van der Waals surface area contributed by atoms with Crippen molar-refractivity contribution in [2.45, 2.75) is 4.90 Å². The fourth-order valence-electron chi connectivity index (χ4n) is 3.90. The van der Waals surface area contributed by atoms with Crippen LogP contribution >= 0.6 is 0 Å². The lowest BCUT2D eigenvalue weighted by molar-refractivity contribution is 0.0746. The zero-order valence-electron chi connectivity index (χ0n) is 16.9. The summed E-state index contributed by atoms with van der Waals surface area (Å²) < 4.78 is 29.6. The van der Waals surface area contributed by atoms with Crippen molar-refractivity contribution in [2.24, 2.45) is 0 Å². The number of hydrogen-bond donors (Lipinski definition) is 0. The van der Waals surface area contributed by atoms with E-state index in [4.69, 9.17) is 4.42 Å². The number of amides is 1. The topological polar surface area (TPSA) is 96.6 Å². The fraction of sp³-hybridized carbons (Fsp3) is 0.227. The van der Waals surface area contributed by atoms with Gasteiger partial charge in [0, 0.05) is 43.4 Å². The Bertz CT molecular complexity index is 1410. The lowest BCUT2D eigenvalue weighted by Crippen LogP contribution is -2.49. The first-order valence-corrected chi connectivity index (χ1v) is 11.8. The van der Waals surface area contributed by atoms with Crippen LogP contribution in [0.2, 0.25) is 0 Å². The SMILES string of the molecule is CS(=O)(=O)c1cccc(C(=O)N2CCN(c3ncnc4c3oc3ccccc34)CC2)c1. The maximum absolute atomic E-state index is 12.9. The van der Waals surface area contributed by atoms with Crippen LogP contribution in [0.1, 0.15) is 10.4 Å². The molecule has 0 atom stereocenters. The van der Waals surface area contributed by atoms with Crippen LogP contribution in [-0.4, -0.2) is 61.6 Å². The zero-order chi connectivity index (χ0) is 21.6. The Morgan fingerprint density at radius 1 is 1.00 bits per heavy atom. The van der Waals surface area contributed by atoms with E-state index < -0.39 is 9.84 Å². The molecule has 2 aromatic carbocycles. The maximum atomic E-state index is 12.9. The smallest absolute Gasteiger partial charge is 0.254 e. The molecule has 1 fully saturated rings. The van der Waals surface area contributed by atoms with Gasteiger partial charge in [-0.2, -0.15) is 0 Å². The van der Waals surface area contributed by atoms with Crippen molar-refractivity contribution in [3.05, 3.63) is 60.4 Å². The lowest BCUT2D eigenvalue weighted by Gasteiger charge is -2.35. The van der Waals surface area contributed by atoms with Crippen LogP contribution in [0.3, 0.4) is 0 Å². The van der Waals surface area contributed by atoms with E-state index in [9.17, 15) is 13.2 Å². The van der Waals surface area contributed by atoms with Gasteiger partial charge in [-0.3, -0.25) is 4.79 Å². The normalized spacial score (nSPS) is 15.0. The highest BCUT2D eigenvalue weighted by Crippen LogP contribution is 2.32. The number of nitrogens with zero attached hydrogens (tertiary/aromatic N) is 4. The highest BCUT2D eigenvalue weighted by Gasteiger charge is 2.26. The molecule has 2 aromatic heterocycles. The first-order valence-electron chi connectivity index (χ1n) is 9.88. The Morgan fingerprint density at radius 3 is 2.55 bits per heavy atom. The second-order valence-corrected chi connectivity index (χ2v) is 9.57. The molecule has 0 bridgehead atoms. The monoisotopic (exact) mass is 436 g/mol. The van der Waals surface area contributed by atoms with Gasteiger partial charge >= 0.3 is 0 Å². The number of sulfone groups is 1. The number of fused-ring (bicyclic) bond motifs is 3. The number of carbonyl (C=O) groups is 1. The number of benzene rings is 2. The molecule has 31 heavy (non-hydrogen) atoms. The summed E-state index contributed by atoms with van der Waals surface area (Å²) in [6.07, 6.45) is 2.67. The molecule has 158 valence electrons. The molecular formula is C22H20N4O4S. The van der Waals surface area contributed by atoms with Crippen LogP contribution in [0.15, 0.2) is 64.2 Å². The van der Waals surface area contributed by atoms with E-state index >= 15 is 0 Å². The van der Waals surface area contributed by atoms with Crippen molar-refractivity contribution in [3.63, 3.8) is 0 Å². The molecule has 0 saturated carbocycles. The Labute approximate surface area is 179 Å². The summed E-state index contributed by atoms with van der Waals surface area (Å²) in [5.74, 6) is 0.536. The number of piperazine rings is 1. The van der Waals surface area contributed by atoms with E-state index in [2.05, 4.69) is 14.9 Å². The quantitative estimate of drug-likeness (QED) is 0.487. The minimum absolute atomic E-state index is 0.144. The Hall–Kier alpha value is -3.46. The van der Waals surface area contributed by atoms with E-state index in [1.54, 1.807) is 17.0 Å². The van der Waals surface area contributed by atoms with Crippen LogP contribution < -0.4 is 4.90 Å². The van der Waals surface area contributed by atoms with Crippen LogP contribution in [0.5, 0.6) is 0 Å². The molecule has 1 amide bonds. The summed E-state index contributed by atoms with van der Waals surface area (Å²) in [5.41, 5.74) is 2.55. The second-order valence-electron chi connectivity index (χ2n) is 7.55. The van der Waals surface area contributed by atoms with Crippen molar-refractivity contribution in [1.29, 1.82) is 0 Å². The highest BCUT2D eigenvalue weighted by atomic mass is 32.2. The molecule has 0 spiro atoms. The van der Waals surface area contributed by atoms with Crippen molar-refractivity contribution in [1.82, 2.24) is 14.9 Å². The van der Waals surface area contributed by atoms with E-state index in [1.165, 1.54) is 18.5 Å². The Morgan fingerprint density at radius 2 is 1.77 bits per heavy atom. The van der Waals surface area contributed by atoms with Gasteiger partial charge in [-0.05, 0) is 30.3 Å². The summed E-state index contributed by atoms with van der Waals surface area (Å²) >= 11 is 0. The summed E-state index contributed by atoms with van der Waals surface area (Å²) in [4.78, 5) is 25.7. The van der Waals surface area contributed by atoms with E-state index in [-0.39, 0.29) is 10.8 Å². The van der Waals surface area contributed by atoms with Gasteiger partial charge in [-0.15, -0.1) is 0 Å². The number of hydrogen-bond acceptors (Lipinski definition) is 7. The average molecular weight is 436 g/mol. The van der Waals surface area contributed by atoms with Crippen LogP contribution in [0, 0.1) is 0 Å². The minimum atomic E-state index is -3.37. The lowest BCUT2D eigenvalue weighted by atomic mass is 10.2. The van der Waals surface area contributed by atoms with E-state index in [1.807, 2.05) is 24.3 Å². The maximum Gasteiger partial charge on any atom is 0.254 e. The van der Waals surface area contributed by atoms with Crippen LogP contribution in [0.25, 0.3) is 22.1 Å². The number of aromatic nitrogens is 2. The molecule has 3 heterocycles. The second kappa shape index (κ2) is 7.35. The Kier molecular flexibility index (Phi) is 4.62. The van der Waals surface area contributed by atoms with Gasteiger partial charge in [-0.25, -0.2) is 18.4 Å². The van der Waals surface area contributed by atoms with Gasteiger partial charge < -0.3 is 14.2 Å². The molecule has 0 radical (unpaired) electrons. The van der Waals surface area contributed by atoms with Gasteiger partial charge in [0.1, 0.15) is 17.4 Å². The van der Waals surface area contributed by atoms with Crippen molar-refractivity contribution >= 4 is 43.6 Å². The third-order valence-electron chi connectivity index (χ3n) is 5.51. The minimum Gasteiger partial charge on any atom is -0.450 e. The van der Waals surface area contributed by atoms with Crippen molar-refractivity contribution < 1.29 is 17.6 Å². The third kappa shape index (κ3) is 3.50. The predicted molar refractivity (Wildman–Crippen MR) is 117 cm³/mol. The van der Waals surface area contributed by atoms with Gasteiger partial charge in [0.05, 0.1) is 4.90 Å². The number of para-hydroxylation sites is 1. The standard InChI is InChI=1S/C22H20N4O4S/c1-31(28,29)16-6-4-5-15(13-16)22(27)26-11-9-25(10-12-26)21-20-19(23-14-24-21)17-7-2-3-8-18(17)30-20/h2-8,13-14H,9-12H2,1H3. The summed E-state index contributed by atoms with van der Waals surface area (Å²) in [6.45, 7) is 2.16. The predicted octanol–water partition coefficient (Wildman–Crippen LogP) is 2.74. The van der Waals surface area contributed by atoms with Gasteiger partial charge in [-0.1, -0.05) is 18.2 Å². The summed E-state index contributed by atoms with van der Waals surface area (Å²) in [5, 5.41) is 0.945. The first-order chi connectivity index (χ1) is 14.9. The van der Waals surface area contributed by atoms with Gasteiger partial charge in [0.25, 0.3) is 5.91 Å². The zero-order valence-corrected chi connectivity index (χ0v) is 17.7. The van der Waals surface area contributed by atoms with Crippen LogP contribution in [-0.2, 0) is 9.84 Å². The Balaban J connectivity index is 1.37. The number of carbonyl (C=O) groups excluding carboxylic acids is 1. The van der Waals surface area contributed by atoms with Gasteiger partial charge in [0.15, 0.2) is 21.2 Å².